The Morgan fingerprint density at radius 1 is 0.761 bits per heavy atom. The molecule has 3 aromatic rings. The maximum Gasteiger partial charge on any atom is 0.303 e. The highest BCUT2D eigenvalue weighted by atomic mass is 32.2. The van der Waals surface area contributed by atoms with E-state index >= 15 is 0 Å². The molecule has 1 aliphatic heterocycles. The first-order valence-corrected chi connectivity index (χ1v) is 16.5. The largest absolute Gasteiger partial charge is 0.507 e. The van der Waals surface area contributed by atoms with Crippen LogP contribution in [0.4, 0.5) is 0 Å². The summed E-state index contributed by atoms with van der Waals surface area (Å²) in [6.07, 6.45) is -3.88. The summed E-state index contributed by atoms with van der Waals surface area (Å²) in [7, 11) is 0. The van der Waals surface area contributed by atoms with E-state index in [0.717, 1.165) is 33.0 Å². The van der Waals surface area contributed by atoms with Gasteiger partial charge in [-0.1, -0.05) is 96.1 Å². The topological polar surface area (TPSA) is 108 Å². The Labute approximate surface area is 276 Å². The number of carbonyl (C=O) groups is 3. The number of aromatic hydroxyl groups is 1. The first-order valence-electron chi connectivity index (χ1n) is 15.6. The molecule has 8 nitrogen and oxygen atoms in total. The van der Waals surface area contributed by atoms with Gasteiger partial charge in [0.2, 0.25) is 0 Å². The molecule has 1 fully saturated rings. The van der Waals surface area contributed by atoms with Crippen molar-refractivity contribution >= 4 is 40.4 Å². The van der Waals surface area contributed by atoms with Crippen molar-refractivity contribution in [1.82, 2.24) is 0 Å². The van der Waals surface area contributed by atoms with Crippen LogP contribution in [0.2, 0.25) is 0 Å². The molecule has 46 heavy (non-hydrogen) atoms. The van der Waals surface area contributed by atoms with E-state index in [4.69, 9.17) is 18.9 Å². The van der Waals surface area contributed by atoms with Crippen LogP contribution in [-0.4, -0.2) is 52.9 Å². The van der Waals surface area contributed by atoms with Crippen molar-refractivity contribution in [2.24, 2.45) is 0 Å². The summed E-state index contributed by atoms with van der Waals surface area (Å²) in [5.74, 6) is -1.51. The zero-order valence-corrected chi connectivity index (χ0v) is 29.2. The maximum atomic E-state index is 12.5. The van der Waals surface area contributed by atoms with Crippen LogP contribution in [0, 0.1) is 0 Å². The van der Waals surface area contributed by atoms with Gasteiger partial charge in [0.05, 0.1) is 11.4 Å². The summed E-state index contributed by atoms with van der Waals surface area (Å²) in [5, 5.41) is 13.3. The van der Waals surface area contributed by atoms with Crippen LogP contribution in [-0.2, 0) is 44.2 Å². The predicted molar refractivity (Wildman–Crippen MR) is 180 cm³/mol. The lowest BCUT2D eigenvalue weighted by Gasteiger charge is -2.44. The lowest BCUT2D eigenvalue weighted by atomic mass is 9.77. The maximum absolute atomic E-state index is 12.5. The number of phenolic OH excluding ortho intramolecular Hbond substituents is 1. The Bertz CT molecular complexity index is 1560. The van der Waals surface area contributed by atoms with Crippen molar-refractivity contribution in [1.29, 1.82) is 0 Å². The minimum absolute atomic E-state index is 0.268. The van der Waals surface area contributed by atoms with Crippen molar-refractivity contribution in [3.8, 4) is 5.75 Å². The van der Waals surface area contributed by atoms with E-state index < -0.39 is 47.8 Å². The van der Waals surface area contributed by atoms with Crippen LogP contribution in [0.25, 0.3) is 10.8 Å². The number of hydrogen-bond acceptors (Lipinski definition) is 9. The van der Waals surface area contributed by atoms with Gasteiger partial charge in [0.1, 0.15) is 11.2 Å². The summed E-state index contributed by atoms with van der Waals surface area (Å²) >= 11 is 1.42. The molecule has 9 heteroatoms. The Morgan fingerprint density at radius 2 is 1.26 bits per heavy atom. The molecular formula is C37H46O8S. The molecule has 0 saturated carbocycles. The highest BCUT2D eigenvalue weighted by molar-refractivity contribution is 8.00. The number of esters is 3. The second-order valence-corrected chi connectivity index (χ2v) is 15.2. The molecule has 1 aliphatic rings. The first kappa shape index (κ1) is 35.3. The zero-order valence-electron chi connectivity index (χ0n) is 28.4. The normalized spacial score (nSPS) is 22.6. The van der Waals surface area contributed by atoms with E-state index in [1.807, 2.05) is 30.3 Å². The molecule has 1 saturated heterocycles. The molecular weight excluding hydrogens is 604 g/mol. The molecule has 0 bridgehead atoms. The van der Waals surface area contributed by atoms with Crippen LogP contribution < -0.4 is 0 Å². The molecule has 0 radical (unpaired) electrons. The highest BCUT2D eigenvalue weighted by Crippen LogP contribution is 2.49. The molecule has 1 heterocycles. The molecule has 1 N–H and O–H groups in total. The zero-order chi connectivity index (χ0) is 34.1. The molecule has 0 aromatic heterocycles. The number of hydrogen-bond donors (Lipinski definition) is 1. The van der Waals surface area contributed by atoms with Gasteiger partial charge >= 0.3 is 17.9 Å². The third-order valence-corrected chi connectivity index (χ3v) is 9.51. The highest BCUT2D eigenvalue weighted by Gasteiger charge is 2.51. The smallest absolute Gasteiger partial charge is 0.303 e. The van der Waals surface area contributed by atoms with Crippen molar-refractivity contribution in [3.63, 3.8) is 0 Å². The molecule has 248 valence electrons. The molecule has 6 atom stereocenters. The Kier molecular flexibility index (Phi) is 10.5. The van der Waals surface area contributed by atoms with Crippen LogP contribution in [0.1, 0.15) is 96.7 Å². The van der Waals surface area contributed by atoms with Gasteiger partial charge in [0.15, 0.2) is 18.3 Å². The van der Waals surface area contributed by atoms with Crippen LogP contribution >= 0.6 is 11.8 Å². The second kappa shape index (κ2) is 13.7. The van der Waals surface area contributed by atoms with Gasteiger partial charge < -0.3 is 24.1 Å². The van der Waals surface area contributed by atoms with Gasteiger partial charge in [-0.05, 0) is 50.8 Å². The van der Waals surface area contributed by atoms with Crippen molar-refractivity contribution < 1.29 is 38.4 Å². The number of benzene rings is 3. The van der Waals surface area contributed by atoms with Gasteiger partial charge in [0.25, 0.3) is 0 Å². The van der Waals surface area contributed by atoms with Gasteiger partial charge in [-0.2, -0.15) is 0 Å². The average Bonchev–Trinajstić information content (AvgIpc) is 2.93. The average molecular weight is 651 g/mol. The van der Waals surface area contributed by atoms with Crippen molar-refractivity contribution in [2.75, 3.05) is 0 Å². The van der Waals surface area contributed by atoms with Crippen molar-refractivity contribution in [2.45, 2.75) is 115 Å². The van der Waals surface area contributed by atoms with E-state index in [1.54, 1.807) is 6.92 Å². The number of thioether (sulfide) groups is 1. The Balaban J connectivity index is 1.97. The standard InChI is InChI=1S/C37H46O8S/c1-20-31(43-21(2)38)32(44-22(3)39)33(45-23(4)40)35(42-20)46-34(27-17-13-15-24-14-11-12-16-26(24)27)25-18-28(36(5,6)7)30(41)29(19-25)37(8,9)10/h11-20,31-35,41H,1-10H3/t20?,31-,32?,33?,34-,35-/m0/s1. The number of rotatable bonds is 7. The van der Waals surface area contributed by atoms with E-state index in [-0.39, 0.29) is 21.8 Å². The lowest BCUT2D eigenvalue weighted by Crippen LogP contribution is -2.59. The molecule has 3 unspecified atom stereocenters. The van der Waals surface area contributed by atoms with E-state index in [1.165, 1.54) is 32.5 Å². The van der Waals surface area contributed by atoms with Gasteiger partial charge in [-0.25, -0.2) is 0 Å². The number of carbonyl (C=O) groups excluding carboxylic acids is 3. The number of fused-ring (bicyclic) bond motifs is 1. The summed E-state index contributed by atoms with van der Waals surface area (Å²) in [4.78, 5) is 36.9. The van der Waals surface area contributed by atoms with E-state index in [0.29, 0.717) is 0 Å². The summed E-state index contributed by atoms with van der Waals surface area (Å²) in [6, 6.07) is 18.3. The minimum atomic E-state index is -1.10. The van der Waals surface area contributed by atoms with E-state index in [2.05, 4.69) is 65.8 Å². The summed E-state index contributed by atoms with van der Waals surface area (Å²) in [5.41, 5.74) is 1.97. The SMILES string of the molecule is CC(=O)OC1C(OC(C)=O)[C@H](S[C@@H](c2cc(C(C)(C)C)c(O)c(C(C)(C)C)c2)c2cccc3ccccc23)OC(C)[C@@H]1OC(C)=O. The van der Waals surface area contributed by atoms with Crippen LogP contribution in [0.5, 0.6) is 5.75 Å². The monoisotopic (exact) mass is 650 g/mol. The number of phenols is 1. The summed E-state index contributed by atoms with van der Waals surface area (Å²) < 4.78 is 23.6. The summed E-state index contributed by atoms with van der Waals surface area (Å²) in [6.45, 7) is 18.0. The lowest BCUT2D eigenvalue weighted by molar-refractivity contribution is -0.229. The van der Waals surface area contributed by atoms with Gasteiger partial charge in [-0.3, -0.25) is 14.4 Å². The van der Waals surface area contributed by atoms with E-state index in [9.17, 15) is 19.5 Å². The third kappa shape index (κ3) is 7.86. The van der Waals surface area contributed by atoms with Gasteiger partial charge in [-0.15, -0.1) is 11.8 Å². The predicted octanol–water partition coefficient (Wildman–Crippen LogP) is 7.50. The number of ether oxygens (including phenoxy) is 4. The minimum Gasteiger partial charge on any atom is -0.507 e. The molecule has 3 aromatic carbocycles. The molecule has 0 aliphatic carbocycles. The third-order valence-electron chi connectivity index (χ3n) is 8.06. The van der Waals surface area contributed by atoms with Crippen LogP contribution in [0.15, 0.2) is 54.6 Å². The fraction of sp³-hybridized carbons (Fsp3) is 0.486. The Morgan fingerprint density at radius 3 is 1.80 bits per heavy atom. The Hall–Kier alpha value is -3.56. The fourth-order valence-electron chi connectivity index (χ4n) is 5.98. The van der Waals surface area contributed by atoms with Crippen molar-refractivity contribution in [3.05, 3.63) is 76.9 Å². The molecule has 4 rings (SSSR count). The fourth-order valence-corrected chi connectivity index (χ4v) is 7.49. The second-order valence-electron chi connectivity index (χ2n) is 14.0. The molecule has 0 spiro atoms. The van der Waals surface area contributed by atoms with Crippen LogP contribution in [0.3, 0.4) is 0 Å². The quantitative estimate of drug-likeness (QED) is 0.205. The van der Waals surface area contributed by atoms with Gasteiger partial charge in [0, 0.05) is 20.8 Å². The first-order chi connectivity index (χ1) is 21.4. The molecule has 0 amide bonds.